The monoisotopic (exact) mass is 323 g/mol. The third-order valence-corrected chi connectivity index (χ3v) is 3.07. The molecule has 2 aromatic rings. The van der Waals surface area contributed by atoms with Gasteiger partial charge in [-0.15, -0.1) is 6.42 Å². The largest absolute Gasteiger partial charge is 0.488 e. The lowest BCUT2D eigenvalue weighted by molar-refractivity contribution is -0.123. The molecule has 24 heavy (non-hydrogen) atoms. The second kappa shape index (κ2) is 9.01. The first-order valence-electron chi connectivity index (χ1n) is 7.33. The number of amides is 1. The molecule has 0 atom stereocenters. The molecule has 0 radical (unpaired) electrons. The van der Waals surface area contributed by atoms with Crippen molar-refractivity contribution in [3.05, 3.63) is 65.7 Å². The van der Waals surface area contributed by atoms with Gasteiger partial charge >= 0.3 is 5.97 Å². The standard InChI is InChI=1S/C19H17NO4/c1-2-12-20-18(21)14-24-19(22)16-10-6-7-11-17(16)23-13-15-8-4-3-5-9-15/h1,3-11H,12-14H2,(H,20,21). The van der Waals surface area contributed by atoms with Gasteiger partial charge < -0.3 is 14.8 Å². The minimum atomic E-state index is -0.630. The average molecular weight is 323 g/mol. The quantitative estimate of drug-likeness (QED) is 0.626. The molecule has 1 N–H and O–H groups in total. The number of hydrogen-bond acceptors (Lipinski definition) is 4. The summed E-state index contributed by atoms with van der Waals surface area (Å²) in [5, 5.41) is 2.42. The number of hydrogen-bond donors (Lipinski definition) is 1. The van der Waals surface area contributed by atoms with Gasteiger partial charge in [0.15, 0.2) is 6.61 Å². The summed E-state index contributed by atoms with van der Waals surface area (Å²) in [7, 11) is 0. The van der Waals surface area contributed by atoms with Crippen LogP contribution in [-0.2, 0) is 16.1 Å². The molecule has 2 aromatic carbocycles. The van der Waals surface area contributed by atoms with Crippen LogP contribution in [0.15, 0.2) is 54.6 Å². The Labute approximate surface area is 140 Å². The van der Waals surface area contributed by atoms with Crippen LogP contribution < -0.4 is 10.1 Å². The topological polar surface area (TPSA) is 64.6 Å². The summed E-state index contributed by atoms with van der Waals surface area (Å²) in [6, 6.07) is 16.3. The molecule has 0 bridgehead atoms. The van der Waals surface area contributed by atoms with E-state index in [1.54, 1.807) is 24.3 Å². The van der Waals surface area contributed by atoms with E-state index in [0.717, 1.165) is 5.56 Å². The minimum Gasteiger partial charge on any atom is -0.488 e. The summed E-state index contributed by atoms with van der Waals surface area (Å²) in [6.07, 6.45) is 5.04. The van der Waals surface area contributed by atoms with Crippen molar-refractivity contribution in [2.24, 2.45) is 0 Å². The van der Waals surface area contributed by atoms with Crippen LogP contribution in [0.2, 0.25) is 0 Å². The predicted octanol–water partition coefficient (Wildman–Crippen LogP) is 2.17. The first kappa shape index (κ1) is 17.1. The highest BCUT2D eigenvalue weighted by molar-refractivity contribution is 5.94. The van der Waals surface area contributed by atoms with Crippen molar-refractivity contribution in [3.8, 4) is 18.1 Å². The lowest BCUT2D eigenvalue weighted by Gasteiger charge is -2.11. The molecule has 0 fully saturated rings. The Kier molecular flexibility index (Phi) is 6.42. The third-order valence-electron chi connectivity index (χ3n) is 3.07. The van der Waals surface area contributed by atoms with Gasteiger partial charge in [-0.25, -0.2) is 4.79 Å². The first-order chi connectivity index (χ1) is 11.7. The van der Waals surface area contributed by atoms with Gasteiger partial charge in [0.05, 0.1) is 6.54 Å². The number of carbonyl (C=O) groups is 2. The second-order valence-corrected chi connectivity index (χ2v) is 4.83. The summed E-state index contributed by atoms with van der Waals surface area (Å²) in [5.41, 5.74) is 1.24. The fraction of sp³-hybridized carbons (Fsp3) is 0.158. The lowest BCUT2D eigenvalue weighted by Crippen LogP contribution is -2.29. The van der Waals surface area contributed by atoms with Gasteiger partial charge in [-0.1, -0.05) is 48.4 Å². The molecule has 0 spiro atoms. The fourth-order valence-electron chi connectivity index (χ4n) is 1.91. The molecule has 0 saturated heterocycles. The maximum atomic E-state index is 12.1. The van der Waals surface area contributed by atoms with Crippen molar-refractivity contribution in [3.63, 3.8) is 0 Å². The molecule has 5 nitrogen and oxygen atoms in total. The van der Waals surface area contributed by atoms with Crippen LogP contribution in [0, 0.1) is 12.3 Å². The van der Waals surface area contributed by atoms with Crippen molar-refractivity contribution in [1.82, 2.24) is 5.32 Å². The number of carbonyl (C=O) groups excluding carboxylic acids is 2. The number of para-hydroxylation sites is 1. The van der Waals surface area contributed by atoms with Crippen LogP contribution in [0.3, 0.4) is 0 Å². The smallest absolute Gasteiger partial charge is 0.342 e. The van der Waals surface area contributed by atoms with E-state index in [0.29, 0.717) is 12.4 Å². The molecule has 0 aliphatic rings. The van der Waals surface area contributed by atoms with E-state index in [-0.39, 0.29) is 12.1 Å². The van der Waals surface area contributed by atoms with Crippen molar-refractivity contribution in [2.75, 3.05) is 13.2 Å². The van der Waals surface area contributed by atoms with E-state index in [9.17, 15) is 9.59 Å². The summed E-state index contributed by atoms with van der Waals surface area (Å²) in [4.78, 5) is 23.6. The van der Waals surface area contributed by atoms with Crippen LogP contribution >= 0.6 is 0 Å². The number of esters is 1. The van der Waals surface area contributed by atoms with Crippen LogP contribution in [0.5, 0.6) is 5.75 Å². The SMILES string of the molecule is C#CCNC(=O)COC(=O)c1ccccc1OCc1ccccc1. The van der Waals surface area contributed by atoms with Crippen LogP contribution in [0.1, 0.15) is 15.9 Å². The van der Waals surface area contributed by atoms with E-state index < -0.39 is 18.5 Å². The van der Waals surface area contributed by atoms with Crippen molar-refractivity contribution < 1.29 is 19.1 Å². The normalized spacial score (nSPS) is 9.62. The van der Waals surface area contributed by atoms with Gasteiger partial charge in [0.25, 0.3) is 5.91 Å². The Balaban J connectivity index is 1.96. The molecule has 0 aliphatic carbocycles. The first-order valence-corrected chi connectivity index (χ1v) is 7.33. The average Bonchev–Trinajstić information content (AvgIpc) is 2.63. The lowest BCUT2D eigenvalue weighted by atomic mass is 10.2. The number of nitrogens with one attached hydrogen (secondary N) is 1. The number of terminal acetylenes is 1. The van der Waals surface area contributed by atoms with Crippen LogP contribution in [0.4, 0.5) is 0 Å². The van der Waals surface area contributed by atoms with E-state index >= 15 is 0 Å². The van der Waals surface area contributed by atoms with Crippen molar-refractivity contribution in [2.45, 2.75) is 6.61 Å². The molecule has 0 saturated carbocycles. The highest BCUT2D eigenvalue weighted by Gasteiger charge is 2.15. The number of benzene rings is 2. The highest BCUT2D eigenvalue weighted by Crippen LogP contribution is 2.20. The zero-order valence-corrected chi connectivity index (χ0v) is 13.0. The number of rotatable bonds is 7. The van der Waals surface area contributed by atoms with Crippen LogP contribution in [0.25, 0.3) is 0 Å². The summed E-state index contributed by atoms with van der Waals surface area (Å²) >= 11 is 0. The van der Waals surface area contributed by atoms with Gasteiger partial charge in [-0.05, 0) is 17.7 Å². The molecule has 0 heterocycles. The van der Waals surface area contributed by atoms with Gasteiger partial charge in [-0.2, -0.15) is 0 Å². The zero-order valence-electron chi connectivity index (χ0n) is 13.0. The Morgan fingerprint density at radius 1 is 1.04 bits per heavy atom. The van der Waals surface area contributed by atoms with Gasteiger partial charge in [0, 0.05) is 0 Å². The molecule has 122 valence electrons. The van der Waals surface area contributed by atoms with Gasteiger partial charge in [0.1, 0.15) is 17.9 Å². The second-order valence-electron chi connectivity index (χ2n) is 4.83. The highest BCUT2D eigenvalue weighted by atomic mass is 16.5. The van der Waals surface area contributed by atoms with E-state index in [4.69, 9.17) is 15.9 Å². The van der Waals surface area contributed by atoms with E-state index in [1.165, 1.54) is 0 Å². The Morgan fingerprint density at radius 2 is 1.75 bits per heavy atom. The van der Waals surface area contributed by atoms with E-state index in [1.807, 2.05) is 30.3 Å². The summed E-state index contributed by atoms with van der Waals surface area (Å²) in [5.74, 6) is 1.58. The summed E-state index contributed by atoms with van der Waals surface area (Å²) < 4.78 is 10.7. The van der Waals surface area contributed by atoms with Gasteiger partial charge in [0.2, 0.25) is 0 Å². The summed E-state index contributed by atoms with van der Waals surface area (Å²) in [6.45, 7) is 0.0223. The molecular formula is C19H17NO4. The molecule has 0 unspecified atom stereocenters. The molecule has 0 aliphatic heterocycles. The maximum Gasteiger partial charge on any atom is 0.342 e. The third kappa shape index (κ3) is 5.18. The molecular weight excluding hydrogens is 306 g/mol. The minimum absolute atomic E-state index is 0.0904. The van der Waals surface area contributed by atoms with Crippen LogP contribution in [-0.4, -0.2) is 25.0 Å². The Hall–Kier alpha value is -3.26. The molecule has 2 rings (SSSR count). The maximum absolute atomic E-state index is 12.1. The van der Waals surface area contributed by atoms with Crippen molar-refractivity contribution in [1.29, 1.82) is 0 Å². The molecule has 1 amide bonds. The molecule has 5 heteroatoms. The van der Waals surface area contributed by atoms with Crippen molar-refractivity contribution >= 4 is 11.9 Å². The number of ether oxygens (including phenoxy) is 2. The zero-order chi connectivity index (χ0) is 17.2. The van der Waals surface area contributed by atoms with E-state index in [2.05, 4.69) is 11.2 Å². The predicted molar refractivity (Wildman–Crippen MR) is 89.3 cm³/mol. The Morgan fingerprint density at radius 3 is 2.50 bits per heavy atom. The van der Waals surface area contributed by atoms with Gasteiger partial charge in [-0.3, -0.25) is 4.79 Å². The molecule has 0 aromatic heterocycles. The Bertz CT molecular complexity index is 735. The fourth-order valence-corrected chi connectivity index (χ4v) is 1.91.